The number of fused-ring (bicyclic) bond motifs is 1. The largest absolute Gasteiger partial charge is 0.416 e. The number of carbonyl (C=O) groups is 1. The highest BCUT2D eigenvalue weighted by molar-refractivity contribution is 5.94. The molecule has 4 aromatic rings. The van der Waals surface area contributed by atoms with Gasteiger partial charge < -0.3 is 5.32 Å². The van der Waals surface area contributed by atoms with Crippen molar-refractivity contribution in [2.45, 2.75) is 19.3 Å². The van der Waals surface area contributed by atoms with E-state index in [2.05, 4.69) is 15.6 Å². The minimum Gasteiger partial charge on any atom is -0.348 e. The lowest BCUT2D eigenvalue weighted by Gasteiger charge is -2.13. The predicted molar refractivity (Wildman–Crippen MR) is 106 cm³/mol. The van der Waals surface area contributed by atoms with Crippen LogP contribution in [0, 0.1) is 5.82 Å². The summed E-state index contributed by atoms with van der Waals surface area (Å²) in [6, 6.07) is 16.5. The third-order valence-corrected chi connectivity index (χ3v) is 4.79. The molecule has 0 aliphatic heterocycles. The molecular weight excluding hydrogens is 412 g/mol. The Labute approximate surface area is 174 Å². The highest BCUT2D eigenvalue weighted by Gasteiger charge is 2.33. The van der Waals surface area contributed by atoms with Gasteiger partial charge in [-0.05, 0) is 47.5 Å². The fourth-order valence-electron chi connectivity index (χ4n) is 3.21. The van der Waals surface area contributed by atoms with Crippen molar-refractivity contribution in [2.75, 3.05) is 0 Å². The van der Waals surface area contributed by atoms with Gasteiger partial charge in [-0.2, -0.15) is 13.2 Å². The summed E-state index contributed by atoms with van der Waals surface area (Å²) in [5.74, 6) is -1.52. The zero-order valence-electron chi connectivity index (χ0n) is 16.0. The molecular formula is C22H16F4N4O. The Morgan fingerprint density at radius 3 is 2.48 bits per heavy atom. The number of para-hydroxylation sites is 1. The first kappa shape index (κ1) is 20.5. The van der Waals surface area contributed by atoms with Crippen molar-refractivity contribution in [1.29, 1.82) is 0 Å². The number of hydrogen-bond donors (Lipinski definition) is 1. The van der Waals surface area contributed by atoms with Gasteiger partial charge in [0.25, 0.3) is 5.91 Å². The number of benzene rings is 3. The first-order chi connectivity index (χ1) is 14.8. The lowest BCUT2D eigenvalue weighted by molar-refractivity contribution is -0.138. The van der Waals surface area contributed by atoms with Crippen LogP contribution < -0.4 is 5.32 Å². The molecule has 0 unspecified atom stereocenters. The van der Waals surface area contributed by atoms with Gasteiger partial charge >= 0.3 is 6.18 Å². The van der Waals surface area contributed by atoms with E-state index in [1.807, 2.05) is 24.3 Å². The summed E-state index contributed by atoms with van der Waals surface area (Å²) in [6.45, 7) is 0.0770. The van der Waals surface area contributed by atoms with Gasteiger partial charge in [-0.25, -0.2) is 9.07 Å². The van der Waals surface area contributed by atoms with E-state index in [4.69, 9.17) is 0 Å². The van der Waals surface area contributed by atoms with Gasteiger partial charge in [0.2, 0.25) is 0 Å². The summed E-state index contributed by atoms with van der Waals surface area (Å²) in [7, 11) is 0. The molecule has 0 fully saturated rings. The van der Waals surface area contributed by atoms with Crippen molar-refractivity contribution in [3.63, 3.8) is 0 Å². The number of alkyl halides is 3. The second kappa shape index (κ2) is 8.17. The van der Waals surface area contributed by atoms with E-state index in [0.717, 1.165) is 28.7 Å². The van der Waals surface area contributed by atoms with E-state index in [0.29, 0.717) is 18.2 Å². The summed E-state index contributed by atoms with van der Waals surface area (Å²) in [5.41, 5.74) is 1.51. The molecule has 0 atom stereocenters. The molecule has 4 rings (SSSR count). The quantitative estimate of drug-likeness (QED) is 0.474. The second-order valence-corrected chi connectivity index (χ2v) is 6.91. The van der Waals surface area contributed by atoms with E-state index in [9.17, 15) is 22.4 Å². The monoisotopic (exact) mass is 428 g/mol. The first-order valence-corrected chi connectivity index (χ1v) is 9.32. The summed E-state index contributed by atoms with van der Waals surface area (Å²) in [5, 5.41) is 10.7. The number of halogens is 4. The minimum atomic E-state index is -4.71. The van der Waals surface area contributed by atoms with E-state index in [1.54, 1.807) is 28.9 Å². The molecule has 0 aliphatic carbocycles. The third kappa shape index (κ3) is 4.55. The van der Waals surface area contributed by atoms with Crippen LogP contribution >= 0.6 is 0 Å². The fourth-order valence-corrected chi connectivity index (χ4v) is 3.21. The fraction of sp³-hybridized carbons (Fsp3) is 0.136. The van der Waals surface area contributed by atoms with Crippen molar-refractivity contribution in [2.24, 2.45) is 0 Å². The lowest BCUT2D eigenvalue weighted by atomic mass is 10.1. The maximum absolute atomic E-state index is 13.2. The number of rotatable bonds is 5. The molecule has 31 heavy (non-hydrogen) atoms. The van der Waals surface area contributed by atoms with Crippen LogP contribution in [-0.4, -0.2) is 20.9 Å². The van der Waals surface area contributed by atoms with E-state index in [-0.39, 0.29) is 12.1 Å². The highest BCUT2D eigenvalue weighted by Crippen LogP contribution is 2.32. The SMILES string of the molecule is O=C(NCc1ccc(F)cc1C(F)(F)F)c1ccc(Cn2nnc3ccccc32)cc1. The first-order valence-electron chi connectivity index (χ1n) is 9.32. The molecule has 1 N–H and O–H groups in total. The number of hydrogen-bond acceptors (Lipinski definition) is 3. The number of carbonyl (C=O) groups excluding carboxylic acids is 1. The normalized spacial score (nSPS) is 11.6. The van der Waals surface area contributed by atoms with E-state index in [1.165, 1.54) is 0 Å². The van der Waals surface area contributed by atoms with Gasteiger partial charge in [0.05, 0.1) is 17.6 Å². The molecule has 1 aromatic heterocycles. The number of nitrogens with zero attached hydrogens (tertiary/aromatic N) is 3. The molecule has 0 saturated heterocycles. The smallest absolute Gasteiger partial charge is 0.348 e. The zero-order valence-corrected chi connectivity index (χ0v) is 16.0. The second-order valence-electron chi connectivity index (χ2n) is 6.91. The maximum atomic E-state index is 13.2. The molecule has 3 aromatic carbocycles. The van der Waals surface area contributed by atoms with Crippen molar-refractivity contribution in [3.05, 3.63) is 94.8 Å². The van der Waals surface area contributed by atoms with Crippen LogP contribution in [-0.2, 0) is 19.3 Å². The van der Waals surface area contributed by atoms with Crippen LogP contribution in [0.15, 0.2) is 66.7 Å². The number of amides is 1. The van der Waals surface area contributed by atoms with Gasteiger partial charge in [-0.3, -0.25) is 4.79 Å². The van der Waals surface area contributed by atoms with E-state index < -0.39 is 23.5 Å². The Hall–Kier alpha value is -3.75. The molecule has 0 spiro atoms. The Morgan fingerprint density at radius 2 is 1.74 bits per heavy atom. The Morgan fingerprint density at radius 1 is 1.00 bits per heavy atom. The van der Waals surface area contributed by atoms with Crippen LogP contribution in [0.4, 0.5) is 17.6 Å². The average molecular weight is 428 g/mol. The molecule has 0 aliphatic rings. The lowest BCUT2D eigenvalue weighted by Crippen LogP contribution is -2.24. The Bertz CT molecular complexity index is 1230. The predicted octanol–water partition coefficient (Wildman–Crippen LogP) is 4.57. The van der Waals surface area contributed by atoms with Crippen LogP contribution in [0.2, 0.25) is 0 Å². The van der Waals surface area contributed by atoms with Crippen LogP contribution in [0.25, 0.3) is 11.0 Å². The Kier molecular flexibility index (Phi) is 5.41. The highest BCUT2D eigenvalue weighted by atomic mass is 19.4. The van der Waals surface area contributed by atoms with Crippen molar-refractivity contribution in [1.82, 2.24) is 20.3 Å². The number of aromatic nitrogens is 3. The summed E-state index contributed by atoms with van der Waals surface area (Å²) < 4.78 is 54.2. The van der Waals surface area contributed by atoms with Gasteiger partial charge in [0.1, 0.15) is 11.3 Å². The van der Waals surface area contributed by atoms with Crippen LogP contribution in [0.5, 0.6) is 0 Å². The third-order valence-electron chi connectivity index (χ3n) is 4.79. The maximum Gasteiger partial charge on any atom is 0.416 e. The summed E-state index contributed by atoms with van der Waals surface area (Å²) >= 11 is 0. The molecule has 0 bridgehead atoms. The van der Waals surface area contributed by atoms with Gasteiger partial charge in [-0.1, -0.05) is 35.5 Å². The topological polar surface area (TPSA) is 59.8 Å². The van der Waals surface area contributed by atoms with Gasteiger partial charge in [0.15, 0.2) is 0 Å². The molecule has 9 heteroatoms. The van der Waals surface area contributed by atoms with Crippen LogP contribution in [0.1, 0.15) is 27.0 Å². The van der Waals surface area contributed by atoms with Crippen LogP contribution in [0.3, 0.4) is 0 Å². The van der Waals surface area contributed by atoms with E-state index >= 15 is 0 Å². The Balaban J connectivity index is 1.43. The molecule has 158 valence electrons. The number of nitrogens with one attached hydrogen (secondary N) is 1. The summed E-state index contributed by atoms with van der Waals surface area (Å²) in [4.78, 5) is 12.4. The zero-order chi connectivity index (χ0) is 22.0. The molecule has 1 amide bonds. The summed E-state index contributed by atoms with van der Waals surface area (Å²) in [6.07, 6.45) is -4.71. The molecule has 5 nitrogen and oxygen atoms in total. The van der Waals surface area contributed by atoms with Crippen molar-refractivity contribution >= 4 is 16.9 Å². The van der Waals surface area contributed by atoms with Crippen molar-refractivity contribution < 1.29 is 22.4 Å². The van der Waals surface area contributed by atoms with Gasteiger partial charge in [-0.15, -0.1) is 5.10 Å². The standard InChI is InChI=1S/C22H16F4N4O/c23-17-10-9-16(18(11-17)22(24,25)26)12-27-21(31)15-7-5-14(6-8-15)13-30-20-4-2-1-3-19(20)28-29-30/h1-11H,12-13H2,(H,27,31). The molecule has 1 heterocycles. The van der Waals surface area contributed by atoms with Gasteiger partial charge in [0, 0.05) is 12.1 Å². The average Bonchev–Trinajstić information content (AvgIpc) is 3.15. The molecule has 0 saturated carbocycles. The van der Waals surface area contributed by atoms with Crippen molar-refractivity contribution in [3.8, 4) is 0 Å². The molecule has 0 radical (unpaired) electrons. The minimum absolute atomic E-state index is 0.211.